The van der Waals surface area contributed by atoms with Crippen molar-refractivity contribution in [1.29, 1.82) is 0 Å². The van der Waals surface area contributed by atoms with E-state index in [2.05, 4.69) is 15.0 Å². The second kappa shape index (κ2) is 5.27. The van der Waals surface area contributed by atoms with E-state index >= 15 is 0 Å². The number of hydrogen-bond donors (Lipinski definition) is 1. The molecule has 3 rings (SSSR count). The van der Waals surface area contributed by atoms with Crippen molar-refractivity contribution >= 4 is 17.5 Å². The van der Waals surface area contributed by atoms with Crippen LogP contribution in [0.2, 0.25) is 5.02 Å². The van der Waals surface area contributed by atoms with Crippen molar-refractivity contribution in [2.24, 2.45) is 0 Å². The highest BCUT2D eigenvalue weighted by molar-refractivity contribution is 6.33. The molecule has 2 aromatic heterocycles. The standard InChI is InChI=1S/C15H11ClN4/c16-13-4-2-1-3-11(13)12-9-19-15(17)20-14(12)10-5-7-18-8-6-10/h1-9H,(H2,17,19,20). The number of rotatable bonds is 2. The SMILES string of the molecule is Nc1ncc(-c2ccccc2Cl)c(-c2ccncc2)n1. The van der Waals surface area contributed by atoms with Crippen LogP contribution in [0.15, 0.2) is 55.0 Å². The third kappa shape index (κ3) is 2.33. The molecule has 1 aromatic carbocycles. The van der Waals surface area contributed by atoms with E-state index in [1.54, 1.807) is 18.6 Å². The molecule has 2 N–H and O–H groups in total. The molecule has 2 heterocycles. The number of aromatic nitrogens is 3. The lowest BCUT2D eigenvalue weighted by molar-refractivity contribution is 1.19. The van der Waals surface area contributed by atoms with Crippen molar-refractivity contribution in [3.8, 4) is 22.4 Å². The average molecular weight is 283 g/mol. The van der Waals surface area contributed by atoms with Crippen molar-refractivity contribution in [2.75, 3.05) is 5.73 Å². The van der Waals surface area contributed by atoms with Gasteiger partial charge >= 0.3 is 0 Å². The minimum Gasteiger partial charge on any atom is -0.368 e. The second-order valence-electron chi connectivity index (χ2n) is 4.21. The Bertz CT molecular complexity index is 744. The van der Waals surface area contributed by atoms with Crippen LogP contribution in [0.3, 0.4) is 0 Å². The fourth-order valence-electron chi connectivity index (χ4n) is 2.00. The first-order valence-electron chi connectivity index (χ1n) is 6.03. The number of hydrogen-bond acceptors (Lipinski definition) is 4. The van der Waals surface area contributed by atoms with Gasteiger partial charge in [-0.2, -0.15) is 0 Å². The van der Waals surface area contributed by atoms with E-state index in [1.807, 2.05) is 36.4 Å². The quantitative estimate of drug-likeness (QED) is 0.782. The Kier molecular flexibility index (Phi) is 3.31. The van der Waals surface area contributed by atoms with Crippen molar-refractivity contribution in [3.05, 3.63) is 60.0 Å². The van der Waals surface area contributed by atoms with Crippen LogP contribution in [0.5, 0.6) is 0 Å². The van der Waals surface area contributed by atoms with Gasteiger partial charge in [0.15, 0.2) is 0 Å². The van der Waals surface area contributed by atoms with Gasteiger partial charge in [-0.3, -0.25) is 4.98 Å². The van der Waals surface area contributed by atoms with Gasteiger partial charge in [-0.1, -0.05) is 29.8 Å². The lowest BCUT2D eigenvalue weighted by Gasteiger charge is -2.10. The van der Waals surface area contributed by atoms with Gasteiger partial charge in [-0.25, -0.2) is 9.97 Å². The summed E-state index contributed by atoms with van der Waals surface area (Å²) in [6.45, 7) is 0. The number of halogens is 1. The summed E-state index contributed by atoms with van der Waals surface area (Å²) in [5, 5.41) is 0.649. The summed E-state index contributed by atoms with van der Waals surface area (Å²) in [4.78, 5) is 12.4. The van der Waals surface area contributed by atoms with Gasteiger partial charge in [0.25, 0.3) is 0 Å². The maximum Gasteiger partial charge on any atom is 0.220 e. The summed E-state index contributed by atoms with van der Waals surface area (Å²) in [6, 6.07) is 11.3. The van der Waals surface area contributed by atoms with Crippen LogP contribution in [-0.4, -0.2) is 15.0 Å². The monoisotopic (exact) mass is 282 g/mol. The van der Waals surface area contributed by atoms with Crippen LogP contribution in [0.25, 0.3) is 22.4 Å². The van der Waals surface area contributed by atoms with Crippen molar-refractivity contribution in [2.45, 2.75) is 0 Å². The minimum absolute atomic E-state index is 0.229. The molecule has 0 amide bonds. The Labute approximate surface area is 121 Å². The lowest BCUT2D eigenvalue weighted by Crippen LogP contribution is -1.98. The van der Waals surface area contributed by atoms with Gasteiger partial charge in [0.05, 0.1) is 5.69 Å². The molecule has 20 heavy (non-hydrogen) atoms. The highest BCUT2D eigenvalue weighted by Gasteiger charge is 2.12. The molecule has 0 atom stereocenters. The van der Waals surface area contributed by atoms with E-state index in [0.717, 1.165) is 22.4 Å². The molecule has 0 saturated carbocycles. The Morgan fingerprint density at radius 1 is 0.950 bits per heavy atom. The highest BCUT2D eigenvalue weighted by Crippen LogP contribution is 2.34. The Morgan fingerprint density at radius 3 is 2.45 bits per heavy atom. The molecule has 0 fully saturated rings. The first-order valence-corrected chi connectivity index (χ1v) is 6.41. The van der Waals surface area contributed by atoms with Crippen LogP contribution < -0.4 is 5.73 Å². The van der Waals surface area contributed by atoms with Crippen LogP contribution in [0.1, 0.15) is 0 Å². The summed E-state index contributed by atoms with van der Waals surface area (Å²) < 4.78 is 0. The normalized spacial score (nSPS) is 10.4. The number of pyridine rings is 1. The predicted molar refractivity (Wildman–Crippen MR) is 80.1 cm³/mol. The molecule has 0 aliphatic heterocycles. The highest BCUT2D eigenvalue weighted by atomic mass is 35.5. The third-order valence-corrected chi connectivity index (χ3v) is 3.25. The first kappa shape index (κ1) is 12.6. The Morgan fingerprint density at radius 2 is 1.70 bits per heavy atom. The fraction of sp³-hybridized carbons (Fsp3) is 0. The molecule has 98 valence electrons. The number of nitrogens with two attached hydrogens (primary N) is 1. The van der Waals surface area contributed by atoms with E-state index in [9.17, 15) is 0 Å². The maximum absolute atomic E-state index is 6.26. The molecule has 5 heteroatoms. The van der Waals surface area contributed by atoms with Crippen molar-refractivity contribution in [1.82, 2.24) is 15.0 Å². The number of benzene rings is 1. The van der Waals surface area contributed by atoms with Crippen LogP contribution in [0.4, 0.5) is 5.95 Å². The number of anilines is 1. The molecule has 0 saturated heterocycles. The van der Waals surface area contributed by atoms with E-state index in [-0.39, 0.29) is 5.95 Å². The van der Waals surface area contributed by atoms with Crippen LogP contribution >= 0.6 is 11.6 Å². The zero-order chi connectivity index (χ0) is 13.9. The largest absolute Gasteiger partial charge is 0.368 e. The second-order valence-corrected chi connectivity index (χ2v) is 4.61. The summed E-state index contributed by atoms with van der Waals surface area (Å²) in [6.07, 6.45) is 5.12. The lowest BCUT2D eigenvalue weighted by atomic mass is 10.0. The summed E-state index contributed by atoms with van der Waals surface area (Å²) in [5.41, 5.74) is 9.09. The summed E-state index contributed by atoms with van der Waals surface area (Å²) >= 11 is 6.26. The molecular weight excluding hydrogens is 272 g/mol. The van der Waals surface area contributed by atoms with Gasteiger partial charge in [-0.05, 0) is 18.2 Å². The molecule has 3 aromatic rings. The molecule has 4 nitrogen and oxygen atoms in total. The minimum atomic E-state index is 0.229. The van der Waals surface area contributed by atoms with Gasteiger partial charge in [0, 0.05) is 40.3 Å². The first-order chi connectivity index (χ1) is 9.75. The van der Waals surface area contributed by atoms with E-state index in [4.69, 9.17) is 17.3 Å². The van der Waals surface area contributed by atoms with Crippen molar-refractivity contribution < 1.29 is 0 Å². The molecule has 0 aliphatic rings. The molecular formula is C15H11ClN4. The van der Waals surface area contributed by atoms with Gasteiger partial charge in [0.2, 0.25) is 5.95 Å². The van der Waals surface area contributed by atoms with Gasteiger partial charge in [0.1, 0.15) is 0 Å². The van der Waals surface area contributed by atoms with Crippen molar-refractivity contribution in [3.63, 3.8) is 0 Å². The Hall–Kier alpha value is -2.46. The van der Waals surface area contributed by atoms with Crippen LogP contribution in [-0.2, 0) is 0 Å². The molecule has 0 unspecified atom stereocenters. The predicted octanol–water partition coefficient (Wildman–Crippen LogP) is 3.44. The van der Waals surface area contributed by atoms with E-state index < -0.39 is 0 Å². The number of nitrogens with zero attached hydrogens (tertiary/aromatic N) is 3. The fourth-order valence-corrected chi connectivity index (χ4v) is 2.24. The topological polar surface area (TPSA) is 64.7 Å². The van der Waals surface area contributed by atoms with Crippen LogP contribution in [0, 0.1) is 0 Å². The average Bonchev–Trinajstić information content (AvgIpc) is 2.49. The van der Waals surface area contributed by atoms with E-state index in [1.165, 1.54) is 0 Å². The Balaban J connectivity index is 2.25. The zero-order valence-corrected chi connectivity index (χ0v) is 11.2. The molecule has 0 spiro atoms. The van der Waals surface area contributed by atoms with Gasteiger partial charge in [-0.15, -0.1) is 0 Å². The summed E-state index contributed by atoms with van der Waals surface area (Å²) in [7, 11) is 0. The maximum atomic E-state index is 6.26. The molecule has 0 aliphatic carbocycles. The van der Waals surface area contributed by atoms with Gasteiger partial charge < -0.3 is 5.73 Å². The smallest absolute Gasteiger partial charge is 0.220 e. The molecule has 0 bridgehead atoms. The third-order valence-electron chi connectivity index (χ3n) is 2.93. The number of nitrogen functional groups attached to an aromatic ring is 1. The zero-order valence-electron chi connectivity index (χ0n) is 10.5. The van der Waals surface area contributed by atoms with E-state index in [0.29, 0.717) is 5.02 Å². The molecule has 0 radical (unpaired) electrons. The summed E-state index contributed by atoms with van der Waals surface area (Å²) in [5.74, 6) is 0.229.